The summed E-state index contributed by atoms with van der Waals surface area (Å²) >= 11 is 0. The fourth-order valence-electron chi connectivity index (χ4n) is 3.99. The maximum absolute atomic E-state index is 3.50. The van der Waals surface area contributed by atoms with E-state index in [1.54, 1.807) is 0 Å². The first-order valence-corrected chi connectivity index (χ1v) is 7.22. The number of nitrogens with one attached hydrogen (secondary N) is 1. The molecule has 2 heteroatoms. The molecule has 2 atom stereocenters. The van der Waals surface area contributed by atoms with E-state index in [0.29, 0.717) is 0 Å². The predicted octanol–water partition coefficient (Wildman–Crippen LogP) is 2.11. The van der Waals surface area contributed by atoms with E-state index in [9.17, 15) is 0 Å². The van der Waals surface area contributed by atoms with Gasteiger partial charge < -0.3 is 10.2 Å². The van der Waals surface area contributed by atoms with Crippen molar-refractivity contribution in [3.63, 3.8) is 0 Å². The minimum absolute atomic E-state index is 0.784. The molecular formula is C14H26N2. The van der Waals surface area contributed by atoms with E-state index in [1.807, 2.05) is 0 Å². The van der Waals surface area contributed by atoms with Gasteiger partial charge in [-0.25, -0.2) is 0 Å². The lowest BCUT2D eigenvalue weighted by Gasteiger charge is -2.32. The average molecular weight is 222 g/mol. The van der Waals surface area contributed by atoms with Crippen LogP contribution in [0.5, 0.6) is 0 Å². The quantitative estimate of drug-likeness (QED) is 0.770. The summed E-state index contributed by atoms with van der Waals surface area (Å²) in [6, 6.07) is 0. The molecule has 0 aromatic rings. The molecule has 2 saturated heterocycles. The Kier molecular flexibility index (Phi) is 2.97. The van der Waals surface area contributed by atoms with Crippen LogP contribution >= 0.6 is 0 Å². The molecule has 1 N–H and O–H groups in total. The summed E-state index contributed by atoms with van der Waals surface area (Å²) in [5.41, 5.74) is 0.784. The molecule has 1 spiro atoms. The first kappa shape index (κ1) is 11.0. The predicted molar refractivity (Wildman–Crippen MR) is 67.5 cm³/mol. The molecule has 92 valence electrons. The molecule has 3 rings (SSSR count). The van der Waals surface area contributed by atoms with Gasteiger partial charge in [0, 0.05) is 13.1 Å². The zero-order valence-electron chi connectivity index (χ0n) is 10.7. The largest absolute Gasteiger partial charge is 0.317 e. The second-order valence-electron chi connectivity index (χ2n) is 6.52. The summed E-state index contributed by atoms with van der Waals surface area (Å²) < 4.78 is 0. The van der Waals surface area contributed by atoms with Crippen molar-refractivity contribution >= 4 is 0 Å². The van der Waals surface area contributed by atoms with Gasteiger partial charge in [0.2, 0.25) is 0 Å². The first-order valence-electron chi connectivity index (χ1n) is 7.22. The Morgan fingerprint density at radius 2 is 2.12 bits per heavy atom. The van der Waals surface area contributed by atoms with E-state index in [2.05, 4.69) is 17.1 Å². The summed E-state index contributed by atoms with van der Waals surface area (Å²) in [7, 11) is 0. The van der Waals surface area contributed by atoms with Gasteiger partial charge in [0.15, 0.2) is 0 Å². The molecule has 2 unspecified atom stereocenters. The van der Waals surface area contributed by atoms with E-state index in [1.165, 1.54) is 64.8 Å². The summed E-state index contributed by atoms with van der Waals surface area (Å²) in [4.78, 5) is 2.75. The number of likely N-dealkylation sites (tertiary alicyclic amines) is 1. The molecule has 0 amide bonds. The molecule has 3 fully saturated rings. The van der Waals surface area contributed by atoms with Crippen LogP contribution in [0.15, 0.2) is 0 Å². The number of hydrogen-bond acceptors (Lipinski definition) is 2. The zero-order chi connectivity index (χ0) is 11.0. The van der Waals surface area contributed by atoms with Gasteiger partial charge in [-0.15, -0.1) is 0 Å². The van der Waals surface area contributed by atoms with Gasteiger partial charge in [-0.1, -0.05) is 6.92 Å². The zero-order valence-corrected chi connectivity index (χ0v) is 10.7. The highest BCUT2D eigenvalue weighted by atomic mass is 15.1. The van der Waals surface area contributed by atoms with Crippen molar-refractivity contribution in [3.8, 4) is 0 Å². The van der Waals surface area contributed by atoms with Crippen molar-refractivity contribution < 1.29 is 0 Å². The SMILES string of the molecule is CC1CCCN(CC2CC23CCNCC3)C1. The summed E-state index contributed by atoms with van der Waals surface area (Å²) in [5, 5.41) is 3.50. The number of piperidine rings is 2. The molecular weight excluding hydrogens is 196 g/mol. The standard InChI is InChI=1S/C14H26N2/c1-12-3-2-8-16(10-12)11-13-9-14(13)4-6-15-7-5-14/h12-13,15H,2-11H2,1H3. The fourth-order valence-corrected chi connectivity index (χ4v) is 3.99. The van der Waals surface area contributed by atoms with Gasteiger partial charge >= 0.3 is 0 Å². The van der Waals surface area contributed by atoms with Crippen LogP contribution in [-0.4, -0.2) is 37.6 Å². The Morgan fingerprint density at radius 1 is 1.31 bits per heavy atom. The Bertz CT molecular complexity index is 245. The monoisotopic (exact) mass is 222 g/mol. The van der Waals surface area contributed by atoms with Crippen LogP contribution in [0.3, 0.4) is 0 Å². The Balaban J connectivity index is 1.49. The number of hydrogen-bond donors (Lipinski definition) is 1. The first-order chi connectivity index (χ1) is 7.78. The topological polar surface area (TPSA) is 15.3 Å². The van der Waals surface area contributed by atoms with Crippen molar-refractivity contribution in [3.05, 3.63) is 0 Å². The molecule has 1 aliphatic carbocycles. The smallest absolute Gasteiger partial charge is 0.00153 e. The van der Waals surface area contributed by atoms with Crippen LogP contribution in [0.2, 0.25) is 0 Å². The molecule has 0 bridgehead atoms. The fraction of sp³-hybridized carbons (Fsp3) is 1.00. The van der Waals surface area contributed by atoms with Crippen molar-refractivity contribution in [2.24, 2.45) is 17.3 Å². The van der Waals surface area contributed by atoms with Crippen LogP contribution in [-0.2, 0) is 0 Å². The van der Waals surface area contributed by atoms with Crippen LogP contribution in [0.1, 0.15) is 39.0 Å². The average Bonchev–Trinajstić information content (AvgIpc) is 2.91. The Labute approximate surface area is 99.8 Å². The lowest BCUT2D eigenvalue weighted by atomic mass is 9.91. The highest BCUT2D eigenvalue weighted by Crippen LogP contribution is 2.58. The van der Waals surface area contributed by atoms with Crippen LogP contribution in [0.25, 0.3) is 0 Å². The van der Waals surface area contributed by atoms with Crippen molar-refractivity contribution in [1.29, 1.82) is 0 Å². The second kappa shape index (κ2) is 4.30. The highest BCUT2D eigenvalue weighted by Gasteiger charge is 2.53. The van der Waals surface area contributed by atoms with E-state index < -0.39 is 0 Å². The molecule has 0 aromatic heterocycles. The molecule has 2 heterocycles. The Hall–Kier alpha value is -0.0800. The van der Waals surface area contributed by atoms with Gasteiger partial charge in [-0.3, -0.25) is 0 Å². The number of nitrogens with zero attached hydrogens (tertiary/aromatic N) is 1. The third kappa shape index (κ3) is 2.14. The van der Waals surface area contributed by atoms with E-state index in [-0.39, 0.29) is 0 Å². The van der Waals surface area contributed by atoms with Crippen LogP contribution in [0.4, 0.5) is 0 Å². The van der Waals surface area contributed by atoms with E-state index >= 15 is 0 Å². The van der Waals surface area contributed by atoms with Gasteiger partial charge in [0.1, 0.15) is 0 Å². The van der Waals surface area contributed by atoms with Crippen molar-refractivity contribution in [2.75, 3.05) is 32.7 Å². The summed E-state index contributed by atoms with van der Waals surface area (Å²) in [6.45, 7) is 9.10. The lowest BCUT2D eigenvalue weighted by Crippen LogP contribution is -2.37. The summed E-state index contributed by atoms with van der Waals surface area (Å²) in [5.74, 6) is 1.98. The minimum atomic E-state index is 0.784. The van der Waals surface area contributed by atoms with Gasteiger partial charge in [-0.2, -0.15) is 0 Å². The molecule has 2 aliphatic heterocycles. The van der Waals surface area contributed by atoms with Crippen molar-refractivity contribution in [2.45, 2.75) is 39.0 Å². The highest BCUT2D eigenvalue weighted by molar-refractivity contribution is 5.05. The van der Waals surface area contributed by atoms with Gasteiger partial charge in [0.05, 0.1) is 0 Å². The summed E-state index contributed by atoms with van der Waals surface area (Å²) in [6.07, 6.45) is 7.31. The molecule has 16 heavy (non-hydrogen) atoms. The lowest BCUT2D eigenvalue weighted by molar-refractivity contribution is 0.164. The Morgan fingerprint density at radius 3 is 2.88 bits per heavy atom. The van der Waals surface area contributed by atoms with Crippen molar-refractivity contribution in [1.82, 2.24) is 10.2 Å². The molecule has 1 saturated carbocycles. The normalized spacial score (nSPS) is 38.8. The van der Waals surface area contributed by atoms with E-state index in [0.717, 1.165) is 17.3 Å². The molecule has 0 aromatic carbocycles. The second-order valence-corrected chi connectivity index (χ2v) is 6.52. The maximum atomic E-state index is 3.50. The third-order valence-corrected chi connectivity index (χ3v) is 5.18. The van der Waals surface area contributed by atoms with Gasteiger partial charge in [0.25, 0.3) is 0 Å². The minimum Gasteiger partial charge on any atom is -0.317 e. The van der Waals surface area contributed by atoms with Crippen LogP contribution in [0, 0.1) is 17.3 Å². The molecule has 0 radical (unpaired) electrons. The maximum Gasteiger partial charge on any atom is 0.00153 e. The number of rotatable bonds is 2. The van der Waals surface area contributed by atoms with E-state index in [4.69, 9.17) is 0 Å². The van der Waals surface area contributed by atoms with Gasteiger partial charge in [-0.05, 0) is 69.0 Å². The van der Waals surface area contributed by atoms with Crippen LogP contribution < -0.4 is 5.32 Å². The molecule has 2 nitrogen and oxygen atoms in total. The molecule has 3 aliphatic rings. The third-order valence-electron chi connectivity index (χ3n) is 5.18.